The van der Waals surface area contributed by atoms with Gasteiger partial charge in [0.2, 0.25) is 5.95 Å². The lowest BCUT2D eigenvalue weighted by molar-refractivity contribution is 0.204. The van der Waals surface area contributed by atoms with Crippen molar-refractivity contribution < 1.29 is 4.74 Å². The summed E-state index contributed by atoms with van der Waals surface area (Å²) in [5, 5.41) is 6.29. The molecule has 0 saturated heterocycles. The molecule has 9 heteroatoms. The van der Waals surface area contributed by atoms with Gasteiger partial charge in [-0.3, -0.25) is 18.5 Å². The van der Waals surface area contributed by atoms with Crippen LogP contribution in [0.4, 0.5) is 5.95 Å². The summed E-state index contributed by atoms with van der Waals surface area (Å²) in [6.45, 7) is 6.94. The zero-order valence-corrected chi connectivity index (χ0v) is 15.8. The number of imidazole rings is 1. The summed E-state index contributed by atoms with van der Waals surface area (Å²) in [6.07, 6.45) is 3.59. The molecule has 0 N–H and O–H groups in total. The molecule has 0 aromatic carbocycles. The Hall–Kier alpha value is -2.68. The fourth-order valence-corrected chi connectivity index (χ4v) is 3.08. The van der Waals surface area contributed by atoms with Crippen LogP contribution in [0.2, 0.25) is 0 Å². The van der Waals surface area contributed by atoms with Gasteiger partial charge in [-0.2, -0.15) is 10.1 Å². The van der Waals surface area contributed by atoms with Crippen molar-refractivity contribution in [3.8, 4) is 0 Å². The molecule has 1 atom stereocenters. The van der Waals surface area contributed by atoms with Gasteiger partial charge < -0.3 is 4.74 Å². The van der Waals surface area contributed by atoms with Gasteiger partial charge in [-0.1, -0.05) is 12.2 Å². The summed E-state index contributed by atoms with van der Waals surface area (Å²) in [5.74, 6) is 0.547. The number of anilines is 1. The molecule has 3 rings (SSSR count). The molecule has 0 saturated carbocycles. The molecule has 1 aliphatic rings. The van der Waals surface area contributed by atoms with Crippen LogP contribution in [0.25, 0.3) is 11.2 Å². The minimum Gasteiger partial charge on any atom is -0.383 e. The highest BCUT2D eigenvalue weighted by Crippen LogP contribution is 2.29. The summed E-state index contributed by atoms with van der Waals surface area (Å²) in [6, 6.07) is -0.130. The quantitative estimate of drug-likeness (QED) is 0.739. The molecule has 3 heterocycles. The van der Waals surface area contributed by atoms with E-state index in [1.165, 1.54) is 9.13 Å². The van der Waals surface area contributed by atoms with Crippen LogP contribution in [0.15, 0.2) is 26.8 Å². The summed E-state index contributed by atoms with van der Waals surface area (Å²) in [4.78, 5) is 30.3. The fourth-order valence-electron chi connectivity index (χ4n) is 3.08. The second-order valence-corrected chi connectivity index (χ2v) is 6.31. The van der Waals surface area contributed by atoms with Crippen molar-refractivity contribution in [1.29, 1.82) is 0 Å². The topological polar surface area (TPSA) is 86.7 Å². The highest BCUT2D eigenvalue weighted by molar-refractivity contribution is 5.91. The Bertz CT molecular complexity index is 1010. The molecule has 0 amide bonds. The molecule has 0 radical (unpaired) electrons. The smallest absolute Gasteiger partial charge is 0.332 e. The van der Waals surface area contributed by atoms with E-state index in [2.05, 4.69) is 10.1 Å². The maximum Gasteiger partial charge on any atom is 0.332 e. The van der Waals surface area contributed by atoms with E-state index in [4.69, 9.17) is 4.74 Å². The molecule has 26 heavy (non-hydrogen) atoms. The average Bonchev–Trinajstić information content (AvgIpc) is 3.03. The molecule has 9 nitrogen and oxygen atoms in total. The Kier molecular flexibility index (Phi) is 4.82. The van der Waals surface area contributed by atoms with E-state index in [1.807, 2.05) is 31.4 Å². The molecular formula is C17H24N6O3. The largest absolute Gasteiger partial charge is 0.383 e. The molecule has 0 fully saturated rings. The van der Waals surface area contributed by atoms with Crippen molar-refractivity contribution in [3.05, 3.63) is 33.0 Å². The molecule has 2 aromatic heterocycles. The van der Waals surface area contributed by atoms with E-state index in [0.29, 0.717) is 30.3 Å². The van der Waals surface area contributed by atoms with Gasteiger partial charge in [0, 0.05) is 20.7 Å². The number of fused-ring (bicyclic) bond motifs is 3. The highest BCUT2D eigenvalue weighted by Gasteiger charge is 2.30. The van der Waals surface area contributed by atoms with Crippen LogP contribution >= 0.6 is 0 Å². The Morgan fingerprint density at radius 2 is 2.04 bits per heavy atom. The van der Waals surface area contributed by atoms with Gasteiger partial charge in [0.25, 0.3) is 5.56 Å². The maximum atomic E-state index is 13.1. The van der Waals surface area contributed by atoms with Gasteiger partial charge in [-0.05, 0) is 20.8 Å². The Labute approximate surface area is 150 Å². The van der Waals surface area contributed by atoms with Crippen molar-refractivity contribution >= 4 is 22.8 Å². The number of aryl methyl sites for hydroxylation is 1. The summed E-state index contributed by atoms with van der Waals surface area (Å²) < 4.78 is 9.66. The van der Waals surface area contributed by atoms with Crippen LogP contribution in [0, 0.1) is 0 Å². The molecular weight excluding hydrogens is 336 g/mol. The van der Waals surface area contributed by atoms with Crippen molar-refractivity contribution in [2.45, 2.75) is 33.4 Å². The van der Waals surface area contributed by atoms with E-state index >= 15 is 0 Å². The second-order valence-electron chi connectivity index (χ2n) is 6.31. The van der Waals surface area contributed by atoms with Gasteiger partial charge in [-0.25, -0.2) is 9.80 Å². The predicted molar refractivity (Wildman–Crippen MR) is 101 cm³/mol. The molecule has 0 bridgehead atoms. The van der Waals surface area contributed by atoms with E-state index in [-0.39, 0.29) is 23.8 Å². The summed E-state index contributed by atoms with van der Waals surface area (Å²) in [5.41, 5.74) is 0.917. The number of nitrogens with zero attached hydrogens (tertiary/aromatic N) is 6. The van der Waals surface area contributed by atoms with E-state index < -0.39 is 0 Å². The van der Waals surface area contributed by atoms with Crippen molar-refractivity contribution in [2.24, 2.45) is 12.1 Å². The first-order chi connectivity index (χ1) is 12.4. The standard InChI is InChI=1S/C17H24N6O3/c1-6-7-8-21-15(24)13-14(20(4)17(21)25)18-16-22(9-10-26-5)19-11(2)12(3)23(13)16/h6-7,12H,8-10H2,1-5H3/b7-6-/t12-/m1/s1. The van der Waals surface area contributed by atoms with Crippen molar-refractivity contribution in [2.75, 3.05) is 25.3 Å². The maximum absolute atomic E-state index is 13.1. The van der Waals surface area contributed by atoms with E-state index in [1.54, 1.807) is 25.2 Å². The zero-order valence-electron chi connectivity index (χ0n) is 15.8. The molecule has 0 spiro atoms. The molecule has 0 unspecified atom stereocenters. The minimum absolute atomic E-state index is 0.130. The predicted octanol–water partition coefficient (Wildman–Crippen LogP) is 0.876. The van der Waals surface area contributed by atoms with Crippen molar-refractivity contribution in [3.63, 3.8) is 0 Å². The Morgan fingerprint density at radius 3 is 2.69 bits per heavy atom. The van der Waals surface area contributed by atoms with Crippen LogP contribution in [0.3, 0.4) is 0 Å². The molecule has 2 aromatic rings. The SMILES string of the molecule is C/C=C\Cn1c(=O)c2c(nc3n2[C@H](C)C(C)=NN3CCOC)n(C)c1=O. The third-order valence-corrected chi connectivity index (χ3v) is 4.69. The number of allylic oxidation sites excluding steroid dienone is 2. The van der Waals surface area contributed by atoms with E-state index in [9.17, 15) is 9.59 Å². The monoisotopic (exact) mass is 360 g/mol. The lowest BCUT2D eigenvalue weighted by Gasteiger charge is -2.28. The number of rotatable bonds is 5. The van der Waals surface area contributed by atoms with Gasteiger partial charge in [0.15, 0.2) is 11.2 Å². The van der Waals surface area contributed by atoms with Crippen LogP contribution in [-0.4, -0.2) is 44.7 Å². The van der Waals surface area contributed by atoms with Gasteiger partial charge >= 0.3 is 5.69 Å². The number of hydrogen-bond donors (Lipinski definition) is 0. The average molecular weight is 360 g/mol. The van der Waals surface area contributed by atoms with E-state index in [0.717, 1.165) is 5.71 Å². The zero-order chi connectivity index (χ0) is 19.0. The Morgan fingerprint density at radius 1 is 1.31 bits per heavy atom. The second kappa shape index (κ2) is 6.91. The van der Waals surface area contributed by atoms with Crippen LogP contribution < -0.4 is 16.3 Å². The Balaban J connectivity index is 2.32. The van der Waals surface area contributed by atoms with Gasteiger partial charge in [0.1, 0.15) is 0 Å². The van der Waals surface area contributed by atoms with Crippen LogP contribution in [0.5, 0.6) is 0 Å². The number of methoxy groups -OCH3 is 1. The summed E-state index contributed by atoms with van der Waals surface area (Å²) in [7, 11) is 3.25. The first kappa shape index (κ1) is 18.1. The van der Waals surface area contributed by atoms with Crippen LogP contribution in [-0.2, 0) is 18.3 Å². The number of aromatic nitrogens is 4. The minimum atomic E-state index is -0.384. The summed E-state index contributed by atoms with van der Waals surface area (Å²) >= 11 is 0. The third kappa shape index (κ3) is 2.68. The third-order valence-electron chi connectivity index (χ3n) is 4.69. The fraction of sp³-hybridized carbons (Fsp3) is 0.529. The highest BCUT2D eigenvalue weighted by atomic mass is 16.5. The lowest BCUT2D eigenvalue weighted by atomic mass is 10.2. The molecule has 0 aliphatic carbocycles. The van der Waals surface area contributed by atoms with Crippen molar-refractivity contribution in [1.82, 2.24) is 18.7 Å². The number of ether oxygens (including phenoxy) is 1. The first-order valence-corrected chi connectivity index (χ1v) is 8.56. The molecule has 140 valence electrons. The number of hydrogen-bond acceptors (Lipinski definition) is 6. The van der Waals surface area contributed by atoms with Crippen LogP contribution in [0.1, 0.15) is 26.8 Å². The molecule has 1 aliphatic heterocycles. The first-order valence-electron chi connectivity index (χ1n) is 8.56. The van der Waals surface area contributed by atoms with Gasteiger partial charge in [-0.15, -0.1) is 0 Å². The van der Waals surface area contributed by atoms with Gasteiger partial charge in [0.05, 0.1) is 24.9 Å². The number of hydrazone groups is 1. The normalized spacial score (nSPS) is 17.2. The lowest BCUT2D eigenvalue weighted by Crippen LogP contribution is -2.40.